The van der Waals surface area contributed by atoms with Crippen LogP contribution in [0, 0.1) is 6.92 Å². The van der Waals surface area contributed by atoms with Gasteiger partial charge in [-0.25, -0.2) is 14.8 Å². The Balaban J connectivity index is 1.67. The highest BCUT2D eigenvalue weighted by Crippen LogP contribution is 2.38. The molecule has 4 rings (SSSR count). The summed E-state index contributed by atoms with van der Waals surface area (Å²) in [6.07, 6.45) is 2.62. The second kappa shape index (κ2) is 5.49. The molecule has 1 fully saturated rings. The Morgan fingerprint density at radius 2 is 2.22 bits per heavy atom. The Labute approximate surface area is 142 Å². The maximum atomic E-state index is 12.8. The molecule has 4 heterocycles. The zero-order valence-electron chi connectivity index (χ0n) is 12.7. The summed E-state index contributed by atoms with van der Waals surface area (Å²) in [5.41, 5.74) is 1.94. The highest BCUT2D eigenvalue weighted by atomic mass is 79.9. The third-order valence-electron chi connectivity index (χ3n) is 4.27. The fraction of sp³-hybridized carbons (Fsp3) is 0.312. The minimum atomic E-state index is -0.175. The number of anilines is 3. The van der Waals surface area contributed by atoms with E-state index in [0.29, 0.717) is 5.82 Å². The number of aryl methyl sites for hydroxylation is 1. The van der Waals surface area contributed by atoms with Crippen LogP contribution in [0.3, 0.4) is 0 Å². The van der Waals surface area contributed by atoms with Crippen LogP contribution < -0.4 is 15.1 Å². The summed E-state index contributed by atoms with van der Waals surface area (Å²) in [5, 5.41) is 2.88. The smallest absolute Gasteiger partial charge is 0.329 e. The average molecular weight is 374 g/mol. The monoisotopic (exact) mass is 373 g/mol. The summed E-state index contributed by atoms with van der Waals surface area (Å²) in [7, 11) is 0. The van der Waals surface area contributed by atoms with E-state index < -0.39 is 0 Å². The lowest BCUT2D eigenvalue weighted by atomic mass is 10.2. The molecule has 6 nitrogen and oxygen atoms in total. The lowest BCUT2D eigenvalue weighted by Crippen LogP contribution is -2.48. The van der Waals surface area contributed by atoms with E-state index >= 15 is 0 Å². The maximum absolute atomic E-state index is 12.8. The first-order chi connectivity index (χ1) is 11.1. The third-order valence-corrected chi connectivity index (χ3v) is 4.74. The number of urea groups is 1. The van der Waals surface area contributed by atoms with Crippen molar-refractivity contribution >= 4 is 39.3 Å². The second-order valence-corrected chi connectivity index (χ2v) is 6.76. The highest BCUT2D eigenvalue weighted by molar-refractivity contribution is 9.10. The van der Waals surface area contributed by atoms with Crippen LogP contribution in [0.5, 0.6) is 0 Å². The van der Waals surface area contributed by atoms with Gasteiger partial charge < -0.3 is 4.90 Å². The first kappa shape index (κ1) is 14.4. The standard InChI is InChI=1S/C16H16BrN5O/c1-10-2-4-13-15(19-10)22(12-6-7-21(13)9-12)16(23)20-14-5-3-11(17)8-18-14/h2-5,8,12H,6-7,9H2,1H3,(H,18,20,23). The molecule has 1 saturated heterocycles. The van der Waals surface area contributed by atoms with Crippen LogP contribution in [0.1, 0.15) is 12.1 Å². The van der Waals surface area contributed by atoms with Crippen LogP contribution in [0.2, 0.25) is 0 Å². The molecule has 0 radical (unpaired) electrons. The van der Waals surface area contributed by atoms with Gasteiger partial charge in [0.1, 0.15) is 5.82 Å². The highest BCUT2D eigenvalue weighted by Gasteiger charge is 2.40. The number of nitrogens with zero attached hydrogens (tertiary/aromatic N) is 4. The molecule has 2 aliphatic heterocycles. The van der Waals surface area contributed by atoms with Gasteiger partial charge in [0.25, 0.3) is 0 Å². The fourth-order valence-corrected chi connectivity index (χ4v) is 3.42. The Bertz CT molecular complexity index is 764. The molecule has 1 N–H and O–H groups in total. The van der Waals surface area contributed by atoms with Crippen LogP contribution in [0.15, 0.2) is 34.9 Å². The number of carbonyl (C=O) groups is 1. The number of hydrogen-bond donors (Lipinski definition) is 1. The molecule has 2 aliphatic rings. The molecule has 0 aromatic carbocycles. The molecule has 0 saturated carbocycles. The second-order valence-electron chi connectivity index (χ2n) is 5.85. The van der Waals surface area contributed by atoms with Gasteiger partial charge in [-0.05, 0) is 53.5 Å². The molecule has 2 amide bonds. The number of nitrogens with one attached hydrogen (secondary N) is 1. The summed E-state index contributed by atoms with van der Waals surface area (Å²) < 4.78 is 0.877. The van der Waals surface area contributed by atoms with Gasteiger partial charge in [-0.3, -0.25) is 10.2 Å². The van der Waals surface area contributed by atoms with Crippen molar-refractivity contribution < 1.29 is 4.79 Å². The number of rotatable bonds is 1. The van der Waals surface area contributed by atoms with Crippen LogP contribution in [0.25, 0.3) is 0 Å². The first-order valence-corrected chi connectivity index (χ1v) is 8.35. The summed E-state index contributed by atoms with van der Waals surface area (Å²) in [6, 6.07) is 7.66. The molecule has 2 aromatic heterocycles. The quantitative estimate of drug-likeness (QED) is 0.833. The zero-order chi connectivity index (χ0) is 16.0. The average Bonchev–Trinajstić information content (AvgIpc) is 2.94. The van der Waals surface area contributed by atoms with Gasteiger partial charge >= 0.3 is 6.03 Å². The normalized spacial score (nSPS) is 18.8. The molecule has 7 heteroatoms. The van der Waals surface area contributed by atoms with E-state index in [-0.39, 0.29) is 12.1 Å². The molecular formula is C16H16BrN5O. The molecule has 2 aromatic rings. The van der Waals surface area contributed by atoms with Crippen molar-refractivity contribution in [2.24, 2.45) is 0 Å². The largest absolute Gasteiger partial charge is 0.366 e. The van der Waals surface area contributed by atoms with Crippen LogP contribution in [-0.4, -0.2) is 35.1 Å². The lowest BCUT2D eigenvalue weighted by molar-refractivity contribution is 0.254. The van der Waals surface area contributed by atoms with E-state index in [0.717, 1.165) is 41.2 Å². The summed E-state index contributed by atoms with van der Waals surface area (Å²) in [4.78, 5) is 25.7. The minimum Gasteiger partial charge on any atom is -0.366 e. The number of carbonyl (C=O) groups excluding carboxylic acids is 1. The van der Waals surface area contributed by atoms with Gasteiger partial charge in [0, 0.05) is 29.5 Å². The van der Waals surface area contributed by atoms with E-state index in [1.807, 2.05) is 19.1 Å². The summed E-state index contributed by atoms with van der Waals surface area (Å²) >= 11 is 3.34. The van der Waals surface area contributed by atoms with E-state index in [2.05, 4.69) is 42.2 Å². The van der Waals surface area contributed by atoms with Crippen molar-refractivity contribution in [3.05, 3.63) is 40.6 Å². The molecule has 1 atom stereocenters. The van der Waals surface area contributed by atoms with Gasteiger partial charge in [0.05, 0.1) is 11.7 Å². The van der Waals surface area contributed by atoms with Crippen molar-refractivity contribution in [3.63, 3.8) is 0 Å². The van der Waals surface area contributed by atoms with Gasteiger partial charge in [0.15, 0.2) is 5.82 Å². The Hall–Kier alpha value is -2.15. The zero-order valence-corrected chi connectivity index (χ0v) is 14.2. The van der Waals surface area contributed by atoms with E-state index in [4.69, 9.17) is 0 Å². The number of aromatic nitrogens is 2. The van der Waals surface area contributed by atoms with Gasteiger partial charge in [-0.1, -0.05) is 0 Å². The van der Waals surface area contributed by atoms with Crippen LogP contribution in [-0.2, 0) is 0 Å². The molecule has 0 aliphatic carbocycles. The molecule has 1 unspecified atom stereocenters. The fourth-order valence-electron chi connectivity index (χ4n) is 3.19. The van der Waals surface area contributed by atoms with Gasteiger partial charge in [0.2, 0.25) is 0 Å². The first-order valence-electron chi connectivity index (χ1n) is 7.56. The van der Waals surface area contributed by atoms with E-state index in [9.17, 15) is 4.79 Å². The van der Waals surface area contributed by atoms with Crippen molar-refractivity contribution in [2.45, 2.75) is 19.4 Å². The molecule has 23 heavy (non-hydrogen) atoms. The maximum Gasteiger partial charge on any atom is 0.329 e. The Morgan fingerprint density at radius 3 is 3.00 bits per heavy atom. The number of halogens is 1. The number of hydrogen-bond acceptors (Lipinski definition) is 4. The molecule has 118 valence electrons. The predicted octanol–water partition coefficient (Wildman–Crippen LogP) is 3.18. The molecular weight excluding hydrogens is 358 g/mol. The lowest BCUT2D eigenvalue weighted by Gasteiger charge is -2.35. The molecule has 2 bridgehead atoms. The van der Waals surface area contributed by atoms with Crippen molar-refractivity contribution in [1.29, 1.82) is 0 Å². The summed E-state index contributed by atoms with van der Waals surface area (Å²) in [5.74, 6) is 1.28. The number of pyridine rings is 2. The molecule has 0 spiro atoms. The van der Waals surface area contributed by atoms with E-state index in [1.165, 1.54) is 0 Å². The Morgan fingerprint density at radius 1 is 1.35 bits per heavy atom. The van der Waals surface area contributed by atoms with Crippen molar-refractivity contribution in [3.8, 4) is 0 Å². The van der Waals surface area contributed by atoms with Crippen molar-refractivity contribution in [2.75, 3.05) is 28.2 Å². The van der Waals surface area contributed by atoms with Gasteiger partial charge in [-0.15, -0.1) is 0 Å². The topological polar surface area (TPSA) is 61.4 Å². The Kier molecular flexibility index (Phi) is 3.45. The van der Waals surface area contributed by atoms with E-state index in [1.54, 1.807) is 17.2 Å². The third kappa shape index (κ3) is 2.55. The van der Waals surface area contributed by atoms with Crippen LogP contribution >= 0.6 is 15.9 Å². The van der Waals surface area contributed by atoms with Crippen molar-refractivity contribution in [1.82, 2.24) is 9.97 Å². The minimum absolute atomic E-state index is 0.159. The predicted molar refractivity (Wildman–Crippen MR) is 93.0 cm³/mol. The number of fused-ring (bicyclic) bond motifs is 4. The SMILES string of the molecule is Cc1ccc2c(n1)N(C(=O)Nc1ccc(Br)cn1)C1CCN2C1. The summed E-state index contributed by atoms with van der Waals surface area (Å²) in [6.45, 7) is 3.76. The number of amides is 2. The van der Waals surface area contributed by atoms with Gasteiger partial charge in [-0.2, -0.15) is 0 Å². The van der Waals surface area contributed by atoms with Crippen LogP contribution in [0.4, 0.5) is 22.1 Å².